The highest BCUT2D eigenvalue weighted by molar-refractivity contribution is 5.93. The van der Waals surface area contributed by atoms with E-state index in [-0.39, 0.29) is 6.61 Å². The van der Waals surface area contributed by atoms with Gasteiger partial charge in [0, 0.05) is 0 Å². The number of ether oxygens (including phenoxy) is 1. The van der Waals surface area contributed by atoms with Crippen LogP contribution in [0.4, 0.5) is 0 Å². The first-order valence-electron chi connectivity index (χ1n) is 7.58. The van der Waals surface area contributed by atoms with Crippen molar-refractivity contribution in [3.63, 3.8) is 0 Å². The van der Waals surface area contributed by atoms with E-state index >= 15 is 0 Å². The van der Waals surface area contributed by atoms with Gasteiger partial charge in [-0.1, -0.05) is 69.4 Å². The van der Waals surface area contributed by atoms with Gasteiger partial charge in [-0.3, -0.25) is 9.59 Å². The summed E-state index contributed by atoms with van der Waals surface area (Å²) in [4.78, 5) is 23.0. The lowest BCUT2D eigenvalue weighted by molar-refractivity contribution is -0.160. The zero-order chi connectivity index (χ0) is 15.5. The Labute approximate surface area is 126 Å². The highest BCUT2D eigenvalue weighted by Crippen LogP contribution is 2.15. The van der Waals surface area contributed by atoms with Gasteiger partial charge in [-0.15, -0.1) is 0 Å². The topological polar surface area (TPSA) is 63.6 Å². The van der Waals surface area contributed by atoms with Crippen LogP contribution in [0.5, 0.6) is 0 Å². The minimum absolute atomic E-state index is 0.124. The Bertz CT molecular complexity index is 428. The van der Waals surface area contributed by atoms with Gasteiger partial charge in [0.15, 0.2) is 5.92 Å². The fourth-order valence-electron chi connectivity index (χ4n) is 2.12. The van der Waals surface area contributed by atoms with Crippen molar-refractivity contribution in [3.8, 4) is 0 Å². The van der Waals surface area contributed by atoms with Crippen LogP contribution in [0.25, 0.3) is 0 Å². The first kappa shape index (κ1) is 17.2. The Balaban J connectivity index is 2.37. The molecule has 0 aromatic heterocycles. The van der Waals surface area contributed by atoms with Gasteiger partial charge < -0.3 is 9.84 Å². The molecule has 0 aliphatic heterocycles. The quantitative estimate of drug-likeness (QED) is 0.405. The van der Waals surface area contributed by atoms with E-state index in [2.05, 4.69) is 6.92 Å². The lowest BCUT2D eigenvalue weighted by Crippen LogP contribution is -2.25. The Hall–Kier alpha value is -1.84. The van der Waals surface area contributed by atoms with Crippen molar-refractivity contribution in [1.29, 1.82) is 0 Å². The molecule has 0 saturated carbocycles. The van der Waals surface area contributed by atoms with Gasteiger partial charge in [-0.2, -0.15) is 0 Å². The van der Waals surface area contributed by atoms with Crippen LogP contribution in [0.15, 0.2) is 30.3 Å². The molecule has 0 aliphatic rings. The van der Waals surface area contributed by atoms with E-state index < -0.39 is 17.9 Å². The number of carbonyl (C=O) groups is 2. The van der Waals surface area contributed by atoms with Gasteiger partial charge in [-0.05, 0) is 12.0 Å². The number of esters is 1. The average Bonchev–Trinajstić information content (AvgIpc) is 2.49. The second-order valence-electron chi connectivity index (χ2n) is 5.19. The molecule has 21 heavy (non-hydrogen) atoms. The van der Waals surface area contributed by atoms with Crippen LogP contribution < -0.4 is 0 Å². The molecule has 0 amide bonds. The van der Waals surface area contributed by atoms with Crippen LogP contribution in [0, 0.1) is 5.92 Å². The van der Waals surface area contributed by atoms with Crippen molar-refractivity contribution in [1.82, 2.24) is 0 Å². The zero-order valence-electron chi connectivity index (χ0n) is 12.6. The standard InChI is InChI=1S/C17H24O4/c1-2-3-4-5-9-12-15(16(18)19)17(20)21-13-14-10-7-6-8-11-14/h6-8,10-11,15H,2-5,9,12-13H2,1H3,(H,18,19). The molecule has 1 rings (SSSR count). The molecular formula is C17H24O4. The zero-order valence-corrected chi connectivity index (χ0v) is 12.6. The van der Waals surface area contributed by atoms with Crippen LogP contribution in [-0.4, -0.2) is 17.0 Å². The molecule has 1 aromatic carbocycles. The van der Waals surface area contributed by atoms with Gasteiger partial charge >= 0.3 is 11.9 Å². The molecule has 116 valence electrons. The van der Waals surface area contributed by atoms with E-state index in [9.17, 15) is 9.59 Å². The highest BCUT2D eigenvalue weighted by Gasteiger charge is 2.27. The van der Waals surface area contributed by atoms with Gasteiger partial charge in [0.2, 0.25) is 0 Å². The molecule has 0 spiro atoms. The lowest BCUT2D eigenvalue weighted by atomic mass is 10.0. The SMILES string of the molecule is CCCCCCCC(C(=O)O)C(=O)OCc1ccccc1. The van der Waals surface area contributed by atoms with Crippen molar-refractivity contribution in [2.45, 2.75) is 52.1 Å². The highest BCUT2D eigenvalue weighted by atomic mass is 16.5. The molecule has 4 nitrogen and oxygen atoms in total. The number of carboxylic acids is 1. The third-order valence-electron chi connectivity index (χ3n) is 3.40. The normalized spacial score (nSPS) is 11.9. The molecular weight excluding hydrogens is 268 g/mol. The fraction of sp³-hybridized carbons (Fsp3) is 0.529. The average molecular weight is 292 g/mol. The number of benzene rings is 1. The van der Waals surface area contributed by atoms with Gasteiger partial charge in [0.1, 0.15) is 6.61 Å². The minimum atomic E-state index is -1.09. The molecule has 0 radical (unpaired) electrons. The third-order valence-corrected chi connectivity index (χ3v) is 3.40. The van der Waals surface area contributed by atoms with E-state index in [4.69, 9.17) is 9.84 Å². The number of aliphatic carboxylic acids is 1. The molecule has 0 fully saturated rings. The fourth-order valence-corrected chi connectivity index (χ4v) is 2.12. The Morgan fingerprint density at radius 3 is 2.38 bits per heavy atom. The molecule has 1 N–H and O–H groups in total. The van der Waals surface area contributed by atoms with Crippen LogP contribution in [0.3, 0.4) is 0 Å². The Kier molecular flexibility index (Phi) is 8.17. The lowest BCUT2D eigenvalue weighted by Gasteiger charge is -2.12. The van der Waals surface area contributed by atoms with Crippen molar-refractivity contribution < 1.29 is 19.4 Å². The van der Waals surface area contributed by atoms with Gasteiger partial charge in [0.25, 0.3) is 0 Å². The largest absolute Gasteiger partial charge is 0.481 e. The first-order chi connectivity index (χ1) is 10.1. The smallest absolute Gasteiger partial charge is 0.320 e. The Morgan fingerprint density at radius 1 is 1.10 bits per heavy atom. The van der Waals surface area contributed by atoms with Crippen molar-refractivity contribution in [2.24, 2.45) is 5.92 Å². The molecule has 0 heterocycles. The maximum atomic E-state index is 11.9. The summed E-state index contributed by atoms with van der Waals surface area (Å²) in [6, 6.07) is 9.26. The van der Waals surface area contributed by atoms with Crippen LogP contribution in [0.1, 0.15) is 51.0 Å². The molecule has 0 saturated heterocycles. The monoisotopic (exact) mass is 292 g/mol. The second-order valence-corrected chi connectivity index (χ2v) is 5.19. The number of unbranched alkanes of at least 4 members (excludes halogenated alkanes) is 4. The molecule has 0 aliphatic carbocycles. The third kappa shape index (κ3) is 6.93. The summed E-state index contributed by atoms with van der Waals surface area (Å²) in [5.41, 5.74) is 0.859. The van der Waals surface area contributed by atoms with E-state index in [1.165, 1.54) is 0 Å². The summed E-state index contributed by atoms with van der Waals surface area (Å²) in [5, 5.41) is 9.14. The van der Waals surface area contributed by atoms with E-state index in [1.54, 1.807) is 0 Å². The van der Waals surface area contributed by atoms with Crippen molar-refractivity contribution in [2.75, 3.05) is 0 Å². The summed E-state index contributed by atoms with van der Waals surface area (Å²) in [5.74, 6) is -2.78. The number of hydrogen-bond donors (Lipinski definition) is 1. The molecule has 4 heteroatoms. The van der Waals surface area contributed by atoms with Gasteiger partial charge in [0.05, 0.1) is 0 Å². The first-order valence-corrected chi connectivity index (χ1v) is 7.58. The maximum Gasteiger partial charge on any atom is 0.320 e. The molecule has 1 aromatic rings. The summed E-state index contributed by atoms with van der Waals surface area (Å²) in [6.07, 6.45) is 5.44. The van der Waals surface area contributed by atoms with E-state index in [0.717, 1.165) is 37.7 Å². The summed E-state index contributed by atoms with van der Waals surface area (Å²) in [7, 11) is 0. The van der Waals surface area contributed by atoms with Crippen LogP contribution in [0.2, 0.25) is 0 Å². The number of rotatable bonds is 10. The number of carbonyl (C=O) groups excluding carboxylic acids is 1. The number of carboxylic acid groups (broad SMARTS) is 1. The maximum absolute atomic E-state index is 11.9. The second kappa shape index (κ2) is 9.97. The van der Waals surface area contributed by atoms with E-state index in [0.29, 0.717) is 6.42 Å². The number of hydrogen-bond acceptors (Lipinski definition) is 3. The summed E-state index contributed by atoms with van der Waals surface area (Å²) in [6.45, 7) is 2.25. The van der Waals surface area contributed by atoms with Crippen molar-refractivity contribution in [3.05, 3.63) is 35.9 Å². The van der Waals surface area contributed by atoms with Gasteiger partial charge in [-0.25, -0.2) is 0 Å². The molecule has 1 unspecified atom stereocenters. The minimum Gasteiger partial charge on any atom is -0.481 e. The Morgan fingerprint density at radius 2 is 1.76 bits per heavy atom. The van der Waals surface area contributed by atoms with Crippen LogP contribution in [-0.2, 0) is 20.9 Å². The van der Waals surface area contributed by atoms with E-state index in [1.807, 2.05) is 30.3 Å². The predicted molar refractivity (Wildman–Crippen MR) is 80.7 cm³/mol. The molecule has 1 atom stereocenters. The summed E-state index contributed by atoms with van der Waals surface area (Å²) >= 11 is 0. The predicted octanol–water partition coefficient (Wildman–Crippen LogP) is 3.79. The van der Waals surface area contributed by atoms with Crippen molar-refractivity contribution >= 4 is 11.9 Å². The molecule has 0 bridgehead atoms. The van der Waals surface area contributed by atoms with Crippen LogP contribution >= 0.6 is 0 Å². The summed E-state index contributed by atoms with van der Waals surface area (Å²) < 4.78 is 5.11.